The highest BCUT2D eigenvalue weighted by Gasteiger charge is 2.39. The second kappa shape index (κ2) is 9.88. The van der Waals surface area contributed by atoms with Crippen molar-refractivity contribution in [3.63, 3.8) is 0 Å². The zero-order chi connectivity index (χ0) is 24.4. The molecule has 176 valence electrons. The van der Waals surface area contributed by atoms with Gasteiger partial charge in [-0.2, -0.15) is 10.1 Å². The largest absolute Gasteiger partial charge is 0.326 e. The maximum Gasteiger partial charge on any atom is 0.262 e. The van der Waals surface area contributed by atoms with Gasteiger partial charge in [0.2, 0.25) is 5.91 Å². The number of aryl methyl sites for hydroxylation is 2. The normalized spacial score (nSPS) is 19.5. The number of carbonyl (C=O) groups is 2. The van der Waals surface area contributed by atoms with Crippen LogP contribution in [0.15, 0.2) is 89.0 Å². The highest BCUT2D eigenvalue weighted by atomic mass is 32.2. The van der Waals surface area contributed by atoms with Crippen LogP contribution < -0.4 is 5.32 Å². The molecule has 3 aromatic rings. The van der Waals surface area contributed by atoms with Gasteiger partial charge in [0.25, 0.3) is 5.91 Å². The van der Waals surface area contributed by atoms with Gasteiger partial charge in [0.05, 0.1) is 11.8 Å². The lowest BCUT2D eigenvalue weighted by molar-refractivity contribution is -0.121. The number of aliphatic imine (C=N–C) groups is 1. The summed E-state index contributed by atoms with van der Waals surface area (Å²) < 4.78 is 0. The molecule has 2 amide bonds. The molecule has 35 heavy (non-hydrogen) atoms. The average molecular weight is 483 g/mol. The van der Waals surface area contributed by atoms with Crippen molar-refractivity contribution in [2.75, 3.05) is 5.32 Å². The first-order valence-electron chi connectivity index (χ1n) is 11.6. The molecule has 0 saturated carbocycles. The van der Waals surface area contributed by atoms with Crippen LogP contribution in [0.1, 0.15) is 41.1 Å². The number of hydrogen-bond acceptors (Lipinski definition) is 5. The highest BCUT2D eigenvalue weighted by molar-refractivity contribution is 8.15. The second-order valence-corrected chi connectivity index (χ2v) is 9.96. The van der Waals surface area contributed by atoms with Crippen LogP contribution in [-0.4, -0.2) is 33.0 Å². The Hall–Kier alpha value is -3.71. The molecule has 0 spiro atoms. The van der Waals surface area contributed by atoms with Gasteiger partial charge in [0.15, 0.2) is 5.17 Å². The minimum atomic E-state index is -0.566. The smallest absolute Gasteiger partial charge is 0.262 e. The van der Waals surface area contributed by atoms with E-state index in [2.05, 4.69) is 41.5 Å². The van der Waals surface area contributed by atoms with E-state index < -0.39 is 5.25 Å². The zero-order valence-electron chi connectivity index (χ0n) is 19.6. The van der Waals surface area contributed by atoms with Crippen LogP contribution in [0.2, 0.25) is 0 Å². The third kappa shape index (κ3) is 5.05. The molecule has 6 nitrogen and oxygen atoms in total. The topological polar surface area (TPSA) is 74.1 Å². The minimum absolute atomic E-state index is 0.0587. The summed E-state index contributed by atoms with van der Waals surface area (Å²) in [6.45, 7) is 4.00. The standard InChI is InChI=1S/C28H26N4O2S/c1-18-12-14-21(15-13-18)24-16-23(20-9-4-3-5-10-20)31-32(24)28-30-27(34)25(35-28)17-26(33)29-22-11-7-6-8-19(22)2/h3-15,24-25H,16-17H2,1-2H3,(H,29,33)/t24-,25-/m0/s1. The molecule has 0 unspecified atom stereocenters. The Labute approximate surface area is 209 Å². The number of rotatable bonds is 5. The van der Waals surface area contributed by atoms with Crippen molar-refractivity contribution in [1.29, 1.82) is 0 Å². The van der Waals surface area contributed by atoms with Gasteiger partial charge in [-0.1, -0.05) is 90.1 Å². The maximum absolute atomic E-state index is 12.8. The molecule has 0 radical (unpaired) electrons. The molecule has 2 atom stereocenters. The zero-order valence-corrected chi connectivity index (χ0v) is 20.5. The summed E-state index contributed by atoms with van der Waals surface area (Å²) in [4.78, 5) is 29.8. The third-order valence-electron chi connectivity index (χ3n) is 6.19. The van der Waals surface area contributed by atoms with E-state index in [1.54, 1.807) is 0 Å². The van der Waals surface area contributed by atoms with Crippen molar-refractivity contribution in [3.05, 3.63) is 101 Å². The Morgan fingerprint density at radius 1 is 1.00 bits per heavy atom. The van der Waals surface area contributed by atoms with Gasteiger partial charge in [0, 0.05) is 18.5 Å². The van der Waals surface area contributed by atoms with Gasteiger partial charge in [-0.25, -0.2) is 5.01 Å². The second-order valence-electron chi connectivity index (χ2n) is 8.79. The Kier molecular flexibility index (Phi) is 6.51. The summed E-state index contributed by atoms with van der Waals surface area (Å²) >= 11 is 1.32. The Balaban J connectivity index is 1.35. The van der Waals surface area contributed by atoms with Gasteiger partial charge in [-0.05, 0) is 36.6 Å². The van der Waals surface area contributed by atoms with E-state index in [1.807, 2.05) is 66.5 Å². The molecule has 0 fully saturated rings. The van der Waals surface area contributed by atoms with E-state index in [0.29, 0.717) is 11.6 Å². The minimum Gasteiger partial charge on any atom is -0.326 e. The molecule has 2 aliphatic rings. The van der Waals surface area contributed by atoms with E-state index in [-0.39, 0.29) is 24.3 Å². The first-order valence-corrected chi connectivity index (χ1v) is 12.5. The summed E-state index contributed by atoms with van der Waals surface area (Å²) in [5, 5.41) is 9.64. The number of hydrazone groups is 1. The number of nitrogens with zero attached hydrogens (tertiary/aromatic N) is 3. The fraction of sp³-hybridized carbons (Fsp3) is 0.214. The molecule has 7 heteroatoms. The first kappa shape index (κ1) is 23.1. The molecule has 5 rings (SSSR count). The molecule has 0 aromatic heterocycles. The van der Waals surface area contributed by atoms with Gasteiger partial charge in [-0.15, -0.1) is 0 Å². The van der Waals surface area contributed by atoms with E-state index in [1.165, 1.54) is 17.3 Å². The number of amides is 2. The summed E-state index contributed by atoms with van der Waals surface area (Å²) in [5.41, 5.74) is 6.03. The van der Waals surface area contributed by atoms with Crippen molar-refractivity contribution in [1.82, 2.24) is 5.01 Å². The van der Waals surface area contributed by atoms with Crippen LogP contribution in [0.25, 0.3) is 0 Å². The van der Waals surface area contributed by atoms with Crippen LogP contribution in [0.5, 0.6) is 0 Å². The predicted octanol–water partition coefficient (Wildman–Crippen LogP) is 5.48. The predicted molar refractivity (Wildman–Crippen MR) is 142 cm³/mol. The van der Waals surface area contributed by atoms with Crippen molar-refractivity contribution >= 4 is 40.1 Å². The SMILES string of the molecule is Cc1ccc([C@@H]2CC(c3ccccc3)=NN2C2=NC(=O)[C@H](CC(=O)Nc3ccccc3C)S2)cc1. The number of benzene rings is 3. The molecular formula is C28H26N4O2S. The number of amidine groups is 1. The van der Waals surface area contributed by atoms with Gasteiger partial charge in [0.1, 0.15) is 5.25 Å². The number of para-hydroxylation sites is 1. The summed E-state index contributed by atoms with van der Waals surface area (Å²) in [6.07, 6.45) is 0.766. The number of anilines is 1. The van der Waals surface area contributed by atoms with E-state index in [4.69, 9.17) is 5.10 Å². The highest BCUT2D eigenvalue weighted by Crippen LogP contribution is 2.38. The molecule has 0 bridgehead atoms. The molecule has 0 aliphatic carbocycles. The van der Waals surface area contributed by atoms with Crippen LogP contribution >= 0.6 is 11.8 Å². The monoisotopic (exact) mass is 482 g/mol. The lowest BCUT2D eigenvalue weighted by atomic mass is 9.98. The fourth-order valence-corrected chi connectivity index (χ4v) is 5.29. The quantitative estimate of drug-likeness (QED) is 0.523. The Morgan fingerprint density at radius 3 is 2.46 bits per heavy atom. The number of nitrogens with one attached hydrogen (secondary N) is 1. The van der Waals surface area contributed by atoms with Crippen LogP contribution in [-0.2, 0) is 9.59 Å². The van der Waals surface area contributed by atoms with Crippen LogP contribution in [0.4, 0.5) is 5.69 Å². The lowest BCUT2D eigenvalue weighted by Gasteiger charge is -2.23. The lowest BCUT2D eigenvalue weighted by Crippen LogP contribution is -2.25. The average Bonchev–Trinajstić information content (AvgIpc) is 3.46. The van der Waals surface area contributed by atoms with Gasteiger partial charge < -0.3 is 5.32 Å². The molecule has 1 N–H and O–H groups in total. The van der Waals surface area contributed by atoms with Gasteiger partial charge in [-0.3, -0.25) is 9.59 Å². The van der Waals surface area contributed by atoms with Crippen molar-refractivity contribution in [3.8, 4) is 0 Å². The summed E-state index contributed by atoms with van der Waals surface area (Å²) in [7, 11) is 0. The number of hydrogen-bond donors (Lipinski definition) is 1. The van der Waals surface area contributed by atoms with Gasteiger partial charge >= 0.3 is 0 Å². The summed E-state index contributed by atoms with van der Waals surface area (Å²) in [6, 6.07) is 26.0. The van der Waals surface area contributed by atoms with Crippen molar-refractivity contribution in [2.24, 2.45) is 10.1 Å². The van der Waals surface area contributed by atoms with Crippen LogP contribution in [0.3, 0.4) is 0 Å². The molecular weight excluding hydrogens is 456 g/mol. The molecule has 0 saturated heterocycles. The van der Waals surface area contributed by atoms with Crippen LogP contribution in [0, 0.1) is 13.8 Å². The van der Waals surface area contributed by atoms with E-state index >= 15 is 0 Å². The molecule has 3 aromatic carbocycles. The Bertz CT molecular complexity index is 1320. The number of carbonyl (C=O) groups excluding carboxylic acids is 2. The fourth-order valence-electron chi connectivity index (χ4n) is 4.23. The Morgan fingerprint density at radius 2 is 1.71 bits per heavy atom. The summed E-state index contributed by atoms with van der Waals surface area (Å²) in [5.74, 6) is -0.498. The van der Waals surface area contributed by atoms with Crippen molar-refractivity contribution < 1.29 is 9.59 Å². The van der Waals surface area contributed by atoms with E-state index in [0.717, 1.165) is 28.1 Å². The van der Waals surface area contributed by atoms with Crippen molar-refractivity contribution in [2.45, 2.75) is 38.0 Å². The van der Waals surface area contributed by atoms with E-state index in [9.17, 15) is 9.59 Å². The maximum atomic E-state index is 12.8. The molecule has 2 heterocycles. The first-order chi connectivity index (χ1) is 17.0. The number of thioether (sulfide) groups is 1. The third-order valence-corrected chi connectivity index (χ3v) is 7.34. The molecule has 2 aliphatic heterocycles.